The Hall–Kier alpha value is -3.98. The van der Waals surface area contributed by atoms with E-state index < -0.39 is 28.9 Å². The number of carbonyl (C=O) groups is 2. The van der Waals surface area contributed by atoms with Crippen molar-refractivity contribution in [2.45, 2.75) is 45.8 Å². The molecule has 1 N–H and O–H groups in total. The van der Waals surface area contributed by atoms with E-state index in [0.717, 1.165) is 5.56 Å². The fraction of sp³-hybridized carbons (Fsp3) is 0.333. The highest BCUT2D eigenvalue weighted by Gasteiger charge is 2.38. The van der Waals surface area contributed by atoms with Crippen molar-refractivity contribution in [2.75, 3.05) is 13.7 Å². The number of nitro benzene ring substituents is 1. The molecule has 0 saturated carbocycles. The van der Waals surface area contributed by atoms with Crippen molar-refractivity contribution in [2.24, 2.45) is 0 Å². The third kappa shape index (κ3) is 5.98. The molecular formula is C27H30N2O7. The van der Waals surface area contributed by atoms with Crippen LogP contribution in [0.15, 0.2) is 77.1 Å². The molecule has 36 heavy (non-hydrogen) atoms. The van der Waals surface area contributed by atoms with Gasteiger partial charge in [0.25, 0.3) is 5.69 Å². The van der Waals surface area contributed by atoms with Gasteiger partial charge in [-0.2, -0.15) is 0 Å². The van der Waals surface area contributed by atoms with Gasteiger partial charge < -0.3 is 19.5 Å². The summed E-state index contributed by atoms with van der Waals surface area (Å²) in [7, 11) is 1.53. The Balaban J connectivity index is 1.99. The van der Waals surface area contributed by atoms with E-state index in [9.17, 15) is 19.7 Å². The maximum absolute atomic E-state index is 13.5. The van der Waals surface area contributed by atoms with Crippen molar-refractivity contribution in [3.05, 3.63) is 98.4 Å². The molecule has 2 unspecified atom stereocenters. The van der Waals surface area contributed by atoms with E-state index in [2.05, 4.69) is 5.32 Å². The number of methoxy groups -OCH3 is 1. The quantitative estimate of drug-likeness (QED) is 0.303. The van der Waals surface area contributed by atoms with Gasteiger partial charge in [-0.25, -0.2) is 9.59 Å². The molecule has 9 nitrogen and oxygen atoms in total. The topological polar surface area (TPSA) is 117 Å². The average Bonchev–Trinajstić information content (AvgIpc) is 2.84. The van der Waals surface area contributed by atoms with Gasteiger partial charge in [0.05, 0.1) is 28.1 Å². The first-order valence-corrected chi connectivity index (χ1v) is 11.5. The van der Waals surface area contributed by atoms with Gasteiger partial charge in [-0.1, -0.05) is 42.5 Å². The summed E-state index contributed by atoms with van der Waals surface area (Å²) in [5, 5.41) is 14.3. The van der Waals surface area contributed by atoms with Crippen molar-refractivity contribution in [1.82, 2.24) is 5.32 Å². The standard InChI is InChI=1S/C27H30N2O7/c1-16(2)36-27(31)24-18(4)28-17(3)23(25(24)20-11-13-21(14-12-20)29(32)33)26(30)35-15-22(34-5)19-9-7-6-8-10-19/h6-14,16,22,25,28H,15H2,1-5H3. The molecule has 0 spiro atoms. The van der Waals surface area contributed by atoms with Gasteiger partial charge >= 0.3 is 11.9 Å². The fourth-order valence-corrected chi connectivity index (χ4v) is 4.13. The van der Waals surface area contributed by atoms with Gasteiger partial charge in [0.15, 0.2) is 0 Å². The van der Waals surface area contributed by atoms with Crippen molar-refractivity contribution < 1.29 is 28.7 Å². The number of nitrogens with zero attached hydrogens (tertiary/aromatic N) is 1. The molecule has 190 valence electrons. The maximum Gasteiger partial charge on any atom is 0.337 e. The van der Waals surface area contributed by atoms with Crippen LogP contribution in [0.4, 0.5) is 5.69 Å². The molecule has 0 aliphatic carbocycles. The minimum Gasteiger partial charge on any atom is -0.460 e. The molecule has 0 saturated heterocycles. The van der Waals surface area contributed by atoms with E-state index in [1.165, 1.54) is 31.4 Å². The molecule has 1 aliphatic heterocycles. The Bertz CT molecular complexity index is 1180. The lowest BCUT2D eigenvalue weighted by atomic mass is 9.80. The molecule has 0 bridgehead atoms. The van der Waals surface area contributed by atoms with Crippen LogP contribution in [0.3, 0.4) is 0 Å². The Morgan fingerprint density at radius 3 is 2.08 bits per heavy atom. The second-order valence-electron chi connectivity index (χ2n) is 8.67. The van der Waals surface area contributed by atoms with Crippen LogP contribution in [0.2, 0.25) is 0 Å². The number of esters is 2. The highest BCUT2D eigenvalue weighted by molar-refractivity contribution is 6.00. The van der Waals surface area contributed by atoms with Crippen LogP contribution in [-0.2, 0) is 23.8 Å². The number of allylic oxidation sites excluding steroid dienone is 2. The van der Waals surface area contributed by atoms with Gasteiger partial charge in [-0.3, -0.25) is 10.1 Å². The number of benzene rings is 2. The van der Waals surface area contributed by atoms with Crippen LogP contribution in [0.25, 0.3) is 0 Å². The lowest BCUT2D eigenvalue weighted by Gasteiger charge is -2.31. The first-order valence-electron chi connectivity index (χ1n) is 11.5. The van der Waals surface area contributed by atoms with E-state index in [4.69, 9.17) is 14.2 Å². The largest absolute Gasteiger partial charge is 0.460 e. The number of carbonyl (C=O) groups excluding carboxylic acids is 2. The van der Waals surface area contributed by atoms with Gasteiger partial charge in [0.2, 0.25) is 0 Å². The zero-order valence-electron chi connectivity index (χ0n) is 20.9. The molecule has 0 aromatic heterocycles. The molecule has 0 fully saturated rings. The fourth-order valence-electron chi connectivity index (χ4n) is 4.13. The summed E-state index contributed by atoms with van der Waals surface area (Å²) in [6.45, 7) is 6.86. The monoisotopic (exact) mass is 494 g/mol. The summed E-state index contributed by atoms with van der Waals surface area (Å²) in [4.78, 5) is 37.2. The second-order valence-corrected chi connectivity index (χ2v) is 8.67. The Kier molecular flexibility index (Phi) is 8.60. The molecule has 1 heterocycles. The zero-order chi connectivity index (χ0) is 26.4. The number of dihydropyridines is 1. The number of hydrogen-bond donors (Lipinski definition) is 1. The lowest BCUT2D eigenvalue weighted by molar-refractivity contribution is -0.384. The van der Waals surface area contributed by atoms with Gasteiger partial charge in [0.1, 0.15) is 12.7 Å². The Morgan fingerprint density at radius 1 is 0.972 bits per heavy atom. The van der Waals surface area contributed by atoms with Crippen LogP contribution >= 0.6 is 0 Å². The molecular weight excluding hydrogens is 464 g/mol. The van der Waals surface area contributed by atoms with Crippen LogP contribution in [0, 0.1) is 10.1 Å². The number of non-ortho nitro benzene ring substituents is 1. The van der Waals surface area contributed by atoms with E-state index >= 15 is 0 Å². The normalized spacial score (nSPS) is 16.4. The van der Waals surface area contributed by atoms with Gasteiger partial charge in [0, 0.05) is 30.6 Å². The predicted molar refractivity (Wildman–Crippen MR) is 133 cm³/mol. The number of nitrogens with one attached hydrogen (secondary N) is 1. The smallest absolute Gasteiger partial charge is 0.337 e. The van der Waals surface area contributed by atoms with Crippen molar-refractivity contribution >= 4 is 17.6 Å². The first-order chi connectivity index (χ1) is 17.1. The molecule has 2 aromatic rings. The number of ether oxygens (including phenoxy) is 3. The molecule has 0 radical (unpaired) electrons. The lowest BCUT2D eigenvalue weighted by Crippen LogP contribution is -2.33. The summed E-state index contributed by atoms with van der Waals surface area (Å²) in [5.74, 6) is -2.07. The second kappa shape index (κ2) is 11.6. The maximum atomic E-state index is 13.5. The Labute approximate surface area is 209 Å². The average molecular weight is 495 g/mol. The van der Waals surface area contributed by atoms with Crippen LogP contribution < -0.4 is 5.32 Å². The zero-order valence-corrected chi connectivity index (χ0v) is 20.9. The summed E-state index contributed by atoms with van der Waals surface area (Å²) in [6.07, 6.45) is -0.862. The number of nitro groups is 1. The van der Waals surface area contributed by atoms with Gasteiger partial charge in [-0.15, -0.1) is 0 Å². The summed E-state index contributed by atoms with van der Waals surface area (Å²) in [5.41, 5.74) is 2.76. The van der Waals surface area contributed by atoms with E-state index in [1.54, 1.807) is 27.7 Å². The molecule has 0 amide bonds. The molecule has 2 atom stereocenters. The Morgan fingerprint density at radius 2 is 1.56 bits per heavy atom. The summed E-state index contributed by atoms with van der Waals surface area (Å²) < 4.78 is 16.7. The molecule has 2 aromatic carbocycles. The van der Waals surface area contributed by atoms with E-state index in [-0.39, 0.29) is 29.5 Å². The SMILES string of the molecule is COC(COC(=O)C1=C(C)NC(C)=C(C(=O)OC(C)C)C1c1ccc([N+](=O)[O-])cc1)c1ccccc1. The van der Waals surface area contributed by atoms with E-state index in [0.29, 0.717) is 17.0 Å². The van der Waals surface area contributed by atoms with Crippen molar-refractivity contribution in [1.29, 1.82) is 0 Å². The third-order valence-corrected chi connectivity index (χ3v) is 5.80. The minimum absolute atomic E-state index is 0.0441. The van der Waals surface area contributed by atoms with Crippen LogP contribution in [-0.4, -0.2) is 36.7 Å². The van der Waals surface area contributed by atoms with Crippen molar-refractivity contribution in [3.63, 3.8) is 0 Å². The first kappa shape index (κ1) is 26.6. The van der Waals surface area contributed by atoms with Crippen molar-refractivity contribution in [3.8, 4) is 0 Å². The highest BCUT2D eigenvalue weighted by Crippen LogP contribution is 2.40. The molecule has 3 rings (SSSR count). The molecule has 9 heteroatoms. The number of hydrogen-bond acceptors (Lipinski definition) is 8. The summed E-state index contributed by atoms with van der Waals surface area (Å²) >= 11 is 0. The van der Waals surface area contributed by atoms with E-state index in [1.807, 2.05) is 30.3 Å². The highest BCUT2D eigenvalue weighted by atomic mass is 16.6. The van der Waals surface area contributed by atoms with Gasteiger partial charge in [-0.05, 0) is 38.8 Å². The number of rotatable bonds is 9. The summed E-state index contributed by atoms with van der Waals surface area (Å²) in [6, 6.07) is 15.1. The predicted octanol–water partition coefficient (Wildman–Crippen LogP) is 4.71. The molecule has 1 aliphatic rings. The van der Waals surface area contributed by atoms with Crippen LogP contribution in [0.5, 0.6) is 0 Å². The minimum atomic E-state index is -0.844. The third-order valence-electron chi connectivity index (χ3n) is 5.80. The van der Waals surface area contributed by atoms with Crippen LogP contribution in [0.1, 0.15) is 50.8 Å².